The summed E-state index contributed by atoms with van der Waals surface area (Å²) >= 11 is 0. The number of hydrogen-bond donors (Lipinski definition) is 0. The first-order valence-electron chi connectivity index (χ1n) is 9.50. The van der Waals surface area contributed by atoms with Crippen LogP contribution in [0.5, 0.6) is 0 Å². The van der Waals surface area contributed by atoms with Gasteiger partial charge in [0.2, 0.25) is 0 Å². The number of anilines is 1. The Morgan fingerprint density at radius 2 is 1.92 bits per heavy atom. The molecule has 0 aliphatic carbocycles. The van der Waals surface area contributed by atoms with Gasteiger partial charge in [-0.25, -0.2) is 9.97 Å². The van der Waals surface area contributed by atoms with Gasteiger partial charge in [-0.15, -0.1) is 0 Å². The van der Waals surface area contributed by atoms with Crippen LogP contribution < -0.4 is 4.90 Å². The Labute approximate surface area is 145 Å². The van der Waals surface area contributed by atoms with Crippen molar-refractivity contribution in [1.82, 2.24) is 14.9 Å². The van der Waals surface area contributed by atoms with Gasteiger partial charge >= 0.3 is 0 Å². The Morgan fingerprint density at radius 1 is 1.17 bits per heavy atom. The van der Waals surface area contributed by atoms with E-state index in [2.05, 4.69) is 28.7 Å². The van der Waals surface area contributed by atoms with E-state index in [1.54, 1.807) is 0 Å². The van der Waals surface area contributed by atoms with Gasteiger partial charge in [-0.3, -0.25) is 4.79 Å². The van der Waals surface area contributed by atoms with Crippen molar-refractivity contribution in [3.8, 4) is 0 Å². The molecule has 0 saturated carbocycles. The third-order valence-electron chi connectivity index (χ3n) is 5.51. The van der Waals surface area contributed by atoms with Crippen LogP contribution in [0.1, 0.15) is 68.7 Å². The van der Waals surface area contributed by atoms with Gasteiger partial charge in [0, 0.05) is 31.7 Å². The van der Waals surface area contributed by atoms with Gasteiger partial charge in [-0.05, 0) is 51.4 Å². The average Bonchev–Trinajstić information content (AvgIpc) is 2.61. The maximum absolute atomic E-state index is 12.9. The Morgan fingerprint density at radius 3 is 2.62 bits per heavy atom. The summed E-state index contributed by atoms with van der Waals surface area (Å²) in [6.07, 6.45) is 7.01. The molecule has 1 aromatic heterocycles. The van der Waals surface area contributed by atoms with Crippen LogP contribution in [0.4, 0.5) is 5.82 Å². The maximum atomic E-state index is 12.9. The molecule has 1 amide bonds. The van der Waals surface area contributed by atoms with Gasteiger partial charge < -0.3 is 9.80 Å². The van der Waals surface area contributed by atoms with E-state index in [0.29, 0.717) is 17.6 Å². The Hall–Kier alpha value is -1.65. The van der Waals surface area contributed by atoms with Crippen LogP contribution >= 0.6 is 0 Å². The molecule has 132 valence electrons. The molecule has 3 rings (SSSR count). The molecule has 2 aliphatic rings. The molecule has 2 aliphatic heterocycles. The van der Waals surface area contributed by atoms with Gasteiger partial charge in [0.05, 0.1) is 0 Å². The monoisotopic (exact) mass is 330 g/mol. The number of carbonyl (C=O) groups excluding carboxylic acids is 1. The summed E-state index contributed by atoms with van der Waals surface area (Å²) in [5.74, 6) is 2.42. The predicted molar refractivity (Wildman–Crippen MR) is 96.3 cm³/mol. The van der Waals surface area contributed by atoms with Crippen molar-refractivity contribution in [2.24, 2.45) is 5.92 Å². The topological polar surface area (TPSA) is 49.3 Å². The van der Waals surface area contributed by atoms with E-state index in [0.717, 1.165) is 50.6 Å². The molecular formula is C19H30N4O. The predicted octanol–water partition coefficient (Wildman–Crippen LogP) is 3.43. The third kappa shape index (κ3) is 3.70. The minimum Gasteiger partial charge on any atom is -0.354 e. The number of amides is 1. The lowest BCUT2D eigenvalue weighted by Gasteiger charge is -2.36. The van der Waals surface area contributed by atoms with Crippen LogP contribution in [-0.2, 0) is 0 Å². The van der Waals surface area contributed by atoms with E-state index >= 15 is 0 Å². The molecule has 0 N–H and O–H groups in total. The van der Waals surface area contributed by atoms with E-state index in [-0.39, 0.29) is 5.91 Å². The van der Waals surface area contributed by atoms with Crippen LogP contribution in [-0.4, -0.2) is 46.5 Å². The Kier molecular flexibility index (Phi) is 5.36. The standard InChI is InChI=1S/C19H30N4O/c1-4-16-7-5-6-10-23(16)18-13-17(20-15(3)21-18)19(24)22-11-8-14(2)9-12-22/h13-14,16H,4-12H2,1-3H3. The molecule has 1 unspecified atom stereocenters. The molecule has 2 saturated heterocycles. The summed E-state index contributed by atoms with van der Waals surface area (Å²) < 4.78 is 0. The molecule has 0 radical (unpaired) electrons. The molecule has 5 heteroatoms. The zero-order chi connectivity index (χ0) is 17.1. The van der Waals surface area contributed by atoms with Crippen LogP contribution in [0, 0.1) is 12.8 Å². The van der Waals surface area contributed by atoms with E-state index in [9.17, 15) is 4.79 Å². The molecular weight excluding hydrogens is 300 g/mol. The summed E-state index contributed by atoms with van der Waals surface area (Å²) in [7, 11) is 0. The number of piperidine rings is 2. The van der Waals surface area contributed by atoms with E-state index in [1.807, 2.05) is 17.9 Å². The minimum atomic E-state index is 0.0682. The summed E-state index contributed by atoms with van der Waals surface area (Å²) in [5, 5.41) is 0. The highest BCUT2D eigenvalue weighted by Gasteiger charge is 2.26. The van der Waals surface area contributed by atoms with Gasteiger partial charge in [0.25, 0.3) is 5.91 Å². The maximum Gasteiger partial charge on any atom is 0.272 e. The second-order valence-electron chi connectivity index (χ2n) is 7.38. The summed E-state index contributed by atoms with van der Waals surface area (Å²) in [6, 6.07) is 2.45. The highest BCUT2D eigenvalue weighted by atomic mass is 16.2. The Balaban J connectivity index is 1.82. The van der Waals surface area contributed by atoms with Crippen LogP contribution in [0.15, 0.2) is 6.07 Å². The van der Waals surface area contributed by atoms with Crippen molar-refractivity contribution in [3.05, 3.63) is 17.6 Å². The molecule has 2 fully saturated rings. The van der Waals surface area contributed by atoms with Gasteiger partial charge in [-0.1, -0.05) is 13.8 Å². The molecule has 0 spiro atoms. The van der Waals surface area contributed by atoms with Crippen LogP contribution in [0.2, 0.25) is 0 Å². The largest absolute Gasteiger partial charge is 0.354 e. The number of hydrogen-bond acceptors (Lipinski definition) is 4. The lowest BCUT2D eigenvalue weighted by atomic mass is 9.99. The number of likely N-dealkylation sites (tertiary alicyclic amines) is 1. The van der Waals surface area contributed by atoms with Crippen molar-refractivity contribution in [2.45, 2.75) is 65.3 Å². The number of nitrogens with zero attached hydrogens (tertiary/aromatic N) is 4. The smallest absolute Gasteiger partial charge is 0.272 e. The van der Waals surface area contributed by atoms with Crippen LogP contribution in [0.25, 0.3) is 0 Å². The highest BCUT2D eigenvalue weighted by Crippen LogP contribution is 2.26. The first-order chi connectivity index (χ1) is 11.6. The van der Waals surface area contributed by atoms with Gasteiger partial charge in [0.1, 0.15) is 17.3 Å². The fraction of sp³-hybridized carbons (Fsp3) is 0.737. The fourth-order valence-electron chi connectivity index (χ4n) is 3.91. The molecule has 1 atom stereocenters. The number of aryl methyl sites for hydroxylation is 1. The lowest BCUT2D eigenvalue weighted by Crippen LogP contribution is -2.41. The van der Waals surface area contributed by atoms with Crippen LogP contribution in [0.3, 0.4) is 0 Å². The second kappa shape index (κ2) is 7.49. The SMILES string of the molecule is CCC1CCCCN1c1cc(C(=O)N2CCC(C)CC2)nc(C)n1. The molecule has 24 heavy (non-hydrogen) atoms. The third-order valence-corrected chi connectivity index (χ3v) is 5.51. The molecule has 5 nitrogen and oxygen atoms in total. The number of aromatic nitrogens is 2. The molecule has 1 aromatic rings. The summed E-state index contributed by atoms with van der Waals surface area (Å²) in [6.45, 7) is 9.11. The molecule has 0 aromatic carbocycles. The van der Waals surface area contributed by atoms with E-state index in [1.165, 1.54) is 19.3 Å². The van der Waals surface area contributed by atoms with Gasteiger partial charge in [-0.2, -0.15) is 0 Å². The van der Waals surface area contributed by atoms with Crippen molar-refractivity contribution >= 4 is 11.7 Å². The number of carbonyl (C=O) groups is 1. The highest BCUT2D eigenvalue weighted by molar-refractivity contribution is 5.93. The average molecular weight is 330 g/mol. The van der Waals surface area contributed by atoms with E-state index in [4.69, 9.17) is 0 Å². The summed E-state index contributed by atoms with van der Waals surface area (Å²) in [5.41, 5.74) is 0.562. The number of rotatable bonds is 3. The second-order valence-corrected chi connectivity index (χ2v) is 7.38. The van der Waals surface area contributed by atoms with E-state index < -0.39 is 0 Å². The fourth-order valence-corrected chi connectivity index (χ4v) is 3.91. The zero-order valence-electron chi connectivity index (χ0n) is 15.3. The molecule has 3 heterocycles. The first-order valence-corrected chi connectivity index (χ1v) is 9.50. The normalized spacial score (nSPS) is 22.7. The Bertz CT molecular complexity index is 581. The zero-order valence-corrected chi connectivity index (χ0v) is 15.3. The van der Waals surface area contributed by atoms with Crippen molar-refractivity contribution < 1.29 is 4.79 Å². The van der Waals surface area contributed by atoms with Crippen molar-refractivity contribution in [1.29, 1.82) is 0 Å². The lowest BCUT2D eigenvalue weighted by molar-refractivity contribution is 0.0691. The quantitative estimate of drug-likeness (QED) is 0.852. The first kappa shape index (κ1) is 17.2. The molecule has 0 bridgehead atoms. The minimum absolute atomic E-state index is 0.0682. The van der Waals surface area contributed by atoms with Crippen molar-refractivity contribution in [3.63, 3.8) is 0 Å². The van der Waals surface area contributed by atoms with Gasteiger partial charge in [0.15, 0.2) is 0 Å². The summed E-state index contributed by atoms with van der Waals surface area (Å²) in [4.78, 5) is 26.3. The van der Waals surface area contributed by atoms with Crippen molar-refractivity contribution in [2.75, 3.05) is 24.5 Å².